The van der Waals surface area contributed by atoms with Crippen molar-refractivity contribution in [2.24, 2.45) is 0 Å². The van der Waals surface area contributed by atoms with Crippen molar-refractivity contribution in [2.45, 2.75) is 13.8 Å². The molecule has 2 nitrogen and oxygen atoms in total. The van der Waals surface area contributed by atoms with Crippen LogP contribution in [0.15, 0.2) is 30.5 Å². The van der Waals surface area contributed by atoms with Crippen LogP contribution in [0.25, 0.3) is 10.6 Å². The Morgan fingerprint density at radius 2 is 2.13 bits per heavy atom. The number of aromatic nitrogens is 1. The molecule has 0 fully saturated rings. The first-order chi connectivity index (χ1) is 7.31. The first-order valence-corrected chi connectivity index (χ1v) is 5.77. The van der Waals surface area contributed by atoms with E-state index in [0.29, 0.717) is 6.61 Å². The van der Waals surface area contributed by atoms with E-state index in [1.54, 1.807) is 11.3 Å². The number of para-hydroxylation sites is 1. The highest BCUT2D eigenvalue weighted by molar-refractivity contribution is 7.15. The number of hydrogen-bond acceptors (Lipinski definition) is 3. The van der Waals surface area contributed by atoms with Crippen molar-refractivity contribution >= 4 is 11.3 Å². The van der Waals surface area contributed by atoms with Gasteiger partial charge in [-0.2, -0.15) is 0 Å². The summed E-state index contributed by atoms with van der Waals surface area (Å²) >= 11 is 1.69. The molecule has 15 heavy (non-hydrogen) atoms. The van der Waals surface area contributed by atoms with Crippen LogP contribution in [0.1, 0.15) is 11.8 Å². The molecule has 0 saturated heterocycles. The topological polar surface area (TPSA) is 22.1 Å². The second kappa shape index (κ2) is 4.45. The molecule has 3 heteroatoms. The van der Waals surface area contributed by atoms with E-state index >= 15 is 0 Å². The summed E-state index contributed by atoms with van der Waals surface area (Å²) < 4.78 is 5.57. The smallest absolute Gasteiger partial charge is 0.129 e. The van der Waals surface area contributed by atoms with Gasteiger partial charge in [-0.05, 0) is 26.0 Å². The van der Waals surface area contributed by atoms with Crippen LogP contribution in [-0.2, 0) is 0 Å². The van der Waals surface area contributed by atoms with Crippen LogP contribution in [0, 0.1) is 6.92 Å². The Morgan fingerprint density at radius 3 is 2.80 bits per heavy atom. The number of hydrogen-bond donors (Lipinski definition) is 0. The first-order valence-electron chi connectivity index (χ1n) is 4.96. The van der Waals surface area contributed by atoms with Gasteiger partial charge in [-0.3, -0.25) is 0 Å². The van der Waals surface area contributed by atoms with Crippen molar-refractivity contribution in [2.75, 3.05) is 6.61 Å². The van der Waals surface area contributed by atoms with Gasteiger partial charge < -0.3 is 4.74 Å². The summed E-state index contributed by atoms with van der Waals surface area (Å²) in [6, 6.07) is 8.02. The number of benzene rings is 1. The molecule has 0 saturated carbocycles. The summed E-state index contributed by atoms with van der Waals surface area (Å²) in [5.41, 5.74) is 1.08. The molecule has 2 aromatic rings. The van der Waals surface area contributed by atoms with Crippen molar-refractivity contribution in [1.82, 2.24) is 4.98 Å². The van der Waals surface area contributed by atoms with E-state index in [0.717, 1.165) is 16.3 Å². The zero-order chi connectivity index (χ0) is 10.7. The van der Waals surface area contributed by atoms with E-state index in [9.17, 15) is 0 Å². The van der Waals surface area contributed by atoms with E-state index in [4.69, 9.17) is 4.74 Å². The molecule has 0 aliphatic rings. The summed E-state index contributed by atoms with van der Waals surface area (Å²) in [4.78, 5) is 5.59. The van der Waals surface area contributed by atoms with E-state index < -0.39 is 0 Å². The van der Waals surface area contributed by atoms with Crippen LogP contribution < -0.4 is 4.74 Å². The molecule has 0 spiro atoms. The number of thiazole rings is 1. The van der Waals surface area contributed by atoms with Crippen molar-refractivity contribution in [3.63, 3.8) is 0 Å². The lowest BCUT2D eigenvalue weighted by atomic mass is 10.2. The molecule has 0 atom stereocenters. The monoisotopic (exact) mass is 219 g/mol. The first kappa shape index (κ1) is 10.2. The van der Waals surface area contributed by atoms with Crippen LogP contribution >= 0.6 is 11.3 Å². The maximum atomic E-state index is 5.57. The number of aryl methyl sites for hydroxylation is 1. The van der Waals surface area contributed by atoms with Crippen molar-refractivity contribution < 1.29 is 4.74 Å². The fraction of sp³-hybridized carbons (Fsp3) is 0.250. The van der Waals surface area contributed by atoms with Gasteiger partial charge in [0.15, 0.2) is 0 Å². The summed E-state index contributed by atoms with van der Waals surface area (Å²) in [6.45, 7) is 4.73. The van der Waals surface area contributed by atoms with E-state index in [1.165, 1.54) is 4.88 Å². The fourth-order valence-electron chi connectivity index (χ4n) is 1.40. The molecule has 0 N–H and O–H groups in total. The third kappa shape index (κ3) is 2.18. The van der Waals surface area contributed by atoms with Gasteiger partial charge in [-0.15, -0.1) is 11.3 Å². The molecule has 0 bridgehead atoms. The second-order valence-corrected chi connectivity index (χ2v) is 4.44. The third-order valence-corrected chi connectivity index (χ3v) is 2.98. The normalized spacial score (nSPS) is 10.3. The molecule has 1 aromatic carbocycles. The molecule has 0 unspecified atom stereocenters. The molecule has 1 heterocycles. The zero-order valence-electron chi connectivity index (χ0n) is 8.86. The van der Waals surface area contributed by atoms with Crippen molar-refractivity contribution in [3.05, 3.63) is 35.3 Å². The molecular weight excluding hydrogens is 206 g/mol. The molecule has 0 aliphatic carbocycles. The van der Waals surface area contributed by atoms with Gasteiger partial charge in [-0.1, -0.05) is 12.1 Å². The molecule has 78 valence electrons. The average Bonchev–Trinajstić information content (AvgIpc) is 2.66. The van der Waals surface area contributed by atoms with E-state index in [1.807, 2.05) is 37.4 Å². The van der Waals surface area contributed by atoms with Gasteiger partial charge in [-0.25, -0.2) is 4.98 Å². The maximum Gasteiger partial charge on any atom is 0.129 e. The highest BCUT2D eigenvalue weighted by Crippen LogP contribution is 2.32. The molecule has 2 rings (SSSR count). The summed E-state index contributed by atoms with van der Waals surface area (Å²) in [5, 5.41) is 1.02. The highest BCUT2D eigenvalue weighted by Gasteiger charge is 2.08. The van der Waals surface area contributed by atoms with Gasteiger partial charge in [0, 0.05) is 11.1 Å². The summed E-state index contributed by atoms with van der Waals surface area (Å²) in [7, 11) is 0. The molecular formula is C12H13NOS. The predicted molar refractivity (Wildman–Crippen MR) is 63.5 cm³/mol. The maximum absolute atomic E-state index is 5.57. The van der Waals surface area contributed by atoms with Crippen molar-refractivity contribution in [1.29, 1.82) is 0 Å². The van der Waals surface area contributed by atoms with E-state index in [2.05, 4.69) is 11.9 Å². The molecule has 1 aromatic heterocycles. The van der Waals surface area contributed by atoms with Gasteiger partial charge in [0.1, 0.15) is 10.8 Å². The zero-order valence-corrected chi connectivity index (χ0v) is 9.67. The number of rotatable bonds is 3. The summed E-state index contributed by atoms with van der Waals surface area (Å²) in [6.07, 6.45) is 1.89. The Labute approximate surface area is 93.6 Å². The Balaban J connectivity index is 2.42. The standard InChI is InChI=1S/C12H13NOS/c1-3-14-11-7-5-4-6-10(11)12-13-8-9(2)15-12/h4-8H,3H2,1-2H3. The Kier molecular flexibility index (Phi) is 3.02. The fourth-order valence-corrected chi connectivity index (χ4v) is 2.20. The van der Waals surface area contributed by atoms with Crippen molar-refractivity contribution in [3.8, 4) is 16.3 Å². The Hall–Kier alpha value is -1.35. The van der Waals surface area contributed by atoms with E-state index in [-0.39, 0.29) is 0 Å². The quantitative estimate of drug-likeness (QED) is 0.788. The molecule has 0 amide bonds. The highest BCUT2D eigenvalue weighted by atomic mass is 32.1. The lowest BCUT2D eigenvalue weighted by Crippen LogP contribution is -1.93. The number of ether oxygens (including phenoxy) is 1. The predicted octanol–water partition coefficient (Wildman–Crippen LogP) is 3.52. The van der Waals surface area contributed by atoms with Gasteiger partial charge in [0.05, 0.1) is 12.2 Å². The minimum absolute atomic E-state index is 0.682. The number of nitrogens with zero attached hydrogens (tertiary/aromatic N) is 1. The van der Waals surface area contributed by atoms with Gasteiger partial charge in [0.25, 0.3) is 0 Å². The summed E-state index contributed by atoms with van der Waals surface area (Å²) in [5.74, 6) is 0.911. The molecule has 0 aliphatic heterocycles. The van der Waals surface area contributed by atoms with Gasteiger partial charge >= 0.3 is 0 Å². The minimum Gasteiger partial charge on any atom is -0.493 e. The van der Waals surface area contributed by atoms with Crippen LogP contribution in [0.5, 0.6) is 5.75 Å². The second-order valence-electron chi connectivity index (χ2n) is 3.21. The van der Waals surface area contributed by atoms with Crippen LogP contribution in [0.3, 0.4) is 0 Å². The van der Waals surface area contributed by atoms with Gasteiger partial charge in [0.2, 0.25) is 0 Å². The molecule has 0 radical (unpaired) electrons. The largest absolute Gasteiger partial charge is 0.493 e. The van der Waals surface area contributed by atoms with Crippen LogP contribution in [0.4, 0.5) is 0 Å². The Morgan fingerprint density at radius 1 is 1.33 bits per heavy atom. The average molecular weight is 219 g/mol. The third-order valence-electron chi connectivity index (χ3n) is 2.04. The Bertz CT molecular complexity index is 450. The minimum atomic E-state index is 0.682. The lowest BCUT2D eigenvalue weighted by molar-refractivity contribution is 0.341. The SMILES string of the molecule is CCOc1ccccc1-c1ncc(C)s1. The lowest BCUT2D eigenvalue weighted by Gasteiger charge is -2.06. The van der Waals surface area contributed by atoms with Crippen LogP contribution in [-0.4, -0.2) is 11.6 Å². The van der Waals surface area contributed by atoms with Crippen LogP contribution in [0.2, 0.25) is 0 Å².